The summed E-state index contributed by atoms with van der Waals surface area (Å²) in [5.41, 5.74) is 5.34. The fourth-order valence-corrected chi connectivity index (χ4v) is 0.565. The Kier molecular flexibility index (Phi) is 6.31. The molecule has 0 aromatic rings. The van der Waals surface area contributed by atoms with Crippen molar-refractivity contribution in [2.45, 2.75) is 13.3 Å². The third-order valence-electron chi connectivity index (χ3n) is 1.00. The molecule has 0 rings (SSSR count). The first-order valence-electron chi connectivity index (χ1n) is 3.91. The minimum Gasteiger partial charge on any atom is -0.466 e. The smallest absolute Gasteiger partial charge is 0.313 e. The van der Waals surface area contributed by atoms with Crippen molar-refractivity contribution in [1.82, 2.24) is 0 Å². The van der Waals surface area contributed by atoms with Gasteiger partial charge >= 0.3 is 5.97 Å². The summed E-state index contributed by atoms with van der Waals surface area (Å²) in [7, 11) is 0. The molecule has 0 aliphatic carbocycles. The van der Waals surface area contributed by atoms with E-state index in [4.69, 9.17) is 5.73 Å². The molecule has 0 aliphatic heterocycles. The highest BCUT2D eigenvalue weighted by Gasteiger charge is 2.04. The summed E-state index contributed by atoms with van der Waals surface area (Å²) in [4.78, 5) is 15.5. The molecule has 0 aromatic carbocycles. The van der Waals surface area contributed by atoms with Gasteiger partial charge in [0.2, 0.25) is 0 Å². The van der Waals surface area contributed by atoms with Gasteiger partial charge in [-0.25, -0.2) is 0 Å². The quantitative estimate of drug-likeness (QED) is 0.163. The average molecular weight is 186 g/mol. The average Bonchev–Trinajstić information content (AvgIpc) is 2.05. The van der Waals surface area contributed by atoms with Crippen molar-refractivity contribution >= 4 is 11.8 Å². The van der Waals surface area contributed by atoms with Gasteiger partial charge in [-0.1, -0.05) is 17.8 Å². The highest BCUT2D eigenvalue weighted by atomic mass is 16.6. The van der Waals surface area contributed by atoms with Crippen LogP contribution in [0.15, 0.2) is 17.8 Å². The Morgan fingerprint density at radius 3 is 2.92 bits per heavy atom. The second-order valence-electron chi connectivity index (χ2n) is 2.15. The van der Waals surface area contributed by atoms with Gasteiger partial charge in [0.05, 0.1) is 6.61 Å². The van der Waals surface area contributed by atoms with E-state index < -0.39 is 5.97 Å². The Balaban J connectivity index is 3.70. The van der Waals surface area contributed by atoms with Gasteiger partial charge in [-0.2, -0.15) is 0 Å². The summed E-state index contributed by atoms with van der Waals surface area (Å²) < 4.78 is 4.64. The van der Waals surface area contributed by atoms with Crippen LogP contribution in [0.3, 0.4) is 0 Å². The van der Waals surface area contributed by atoms with Crippen LogP contribution in [0.4, 0.5) is 0 Å². The van der Waals surface area contributed by atoms with E-state index >= 15 is 0 Å². The highest BCUT2D eigenvalue weighted by molar-refractivity contribution is 5.96. The standard InChI is InChI=1S/C8H14N2O3/c1-3-5-13-10-7(9)6-8(11)12-4-2/h3H,1,4-6H2,2H3,(H2,9,10). The van der Waals surface area contributed by atoms with Crippen LogP contribution in [-0.2, 0) is 14.4 Å². The van der Waals surface area contributed by atoms with Crippen LogP contribution in [0.5, 0.6) is 0 Å². The van der Waals surface area contributed by atoms with Crippen molar-refractivity contribution in [3.8, 4) is 0 Å². The number of oxime groups is 1. The van der Waals surface area contributed by atoms with Crippen molar-refractivity contribution in [2.24, 2.45) is 10.9 Å². The van der Waals surface area contributed by atoms with E-state index in [9.17, 15) is 4.79 Å². The van der Waals surface area contributed by atoms with Crippen molar-refractivity contribution in [3.05, 3.63) is 12.7 Å². The maximum atomic E-state index is 10.8. The zero-order chi connectivity index (χ0) is 10.1. The predicted octanol–water partition coefficient (Wildman–Crippen LogP) is 0.414. The molecular weight excluding hydrogens is 172 g/mol. The normalized spacial score (nSPS) is 10.7. The van der Waals surface area contributed by atoms with Gasteiger partial charge in [-0.15, -0.1) is 0 Å². The highest BCUT2D eigenvalue weighted by Crippen LogP contribution is 1.88. The number of carbonyl (C=O) groups excluding carboxylic acids is 1. The molecule has 0 unspecified atom stereocenters. The van der Waals surface area contributed by atoms with Crippen LogP contribution < -0.4 is 5.73 Å². The van der Waals surface area contributed by atoms with Gasteiger partial charge in [0.25, 0.3) is 0 Å². The molecule has 0 spiro atoms. The number of carbonyl (C=O) groups is 1. The molecule has 0 heterocycles. The van der Waals surface area contributed by atoms with Crippen molar-refractivity contribution in [3.63, 3.8) is 0 Å². The number of nitrogens with two attached hydrogens (primary N) is 1. The van der Waals surface area contributed by atoms with Gasteiger partial charge in [0, 0.05) is 0 Å². The summed E-state index contributed by atoms with van der Waals surface area (Å²) in [5.74, 6) is -0.314. The monoisotopic (exact) mass is 186 g/mol. The molecule has 0 saturated heterocycles. The van der Waals surface area contributed by atoms with E-state index in [1.165, 1.54) is 6.08 Å². The van der Waals surface area contributed by atoms with Gasteiger partial charge in [-0.05, 0) is 6.92 Å². The summed E-state index contributed by atoms with van der Waals surface area (Å²) in [6.45, 7) is 5.74. The number of hydrogen-bond donors (Lipinski definition) is 1. The lowest BCUT2D eigenvalue weighted by Crippen LogP contribution is -2.19. The maximum Gasteiger partial charge on any atom is 0.313 e. The van der Waals surface area contributed by atoms with Gasteiger partial charge in [0.15, 0.2) is 5.84 Å². The number of amidine groups is 1. The van der Waals surface area contributed by atoms with Gasteiger partial charge in [0.1, 0.15) is 13.0 Å². The van der Waals surface area contributed by atoms with Gasteiger partial charge in [-0.3, -0.25) is 4.79 Å². The van der Waals surface area contributed by atoms with E-state index in [0.717, 1.165) is 0 Å². The summed E-state index contributed by atoms with van der Waals surface area (Å²) in [6, 6.07) is 0. The topological polar surface area (TPSA) is 73.9 Å². The minimum absolute atomic E-state index is 0.0506. The van der Waals surface area contributed by atoms with Crippen LogP contribution in [0.1, 0.15) is 13.3 Å². The molecule has 2 N–H and O–H groups in total. The van der Waals surface area contributed by atoms with Crippen LogP contribution >= 0.6 is 0 Å². The van der Waals surface area contributed by atoms with Crippen molar-refractivity contribution in [1.29, 1.82) is 0 Å². The second-order valence-corrected chi connectivity index (χ2v) is 2.15. The Labute approximate surface area is 77.2 Å². The Morgan fingerprint density at radius 1 is 1.69 bits per heavy atom. The minimum atomic E-state index is -0.411. The second kappa shape index (κ2) is 7.15. The molecule has 0 atom stereocenters. The van der Waals surface area contributed by atoms with Gasteiger partial charge < -0.3 is 15.3 Å². The fraction of sp³-hybridized carbons (Fsp3) is 0.500. The lowest BCUT2D eigenvalue weighted by molar-refractivity contribution is -0.141. The number of nitrogens with zero attached hydrogens (tertiary/aromatic N) is 1. The molecule has 0 aromatic heterocycles. The van der Waals surface area contributed by atoms with Crippen LogP contribution in [-0.4, -0.2) is 25.0 Å². The molecule has 0 radical (unpaired) electrons. The molecule has 0 fully saturated rings. The third kappa shape index (κ3) is 6.86. The lowest BCUT2D eigenvalue weighted by atomic mass is 10.4. The van der Waals surface area contributed by atoms with E-state index in [1.54, 1.807) is 6.92 Å². The van der Waals surface area contributed by atoms with Crippen LogP contribution in [0.25, 0.3) is 0 Å². The van der Waals surface area contributed by atoms with Crippen LogP contribution in [0, 0.1) is 0 Å². The number of ether oxygens (including phenoxy) is 1. The molecule has 5 heteroatoms. The largest absolute Gasteiger partial charge is 0.466 e. The first kappa shape index (κ1) is 11.5. The first-order valence-corrected chi connectivity index (χ1v) is 3.91. The van der Waals surface area contributed by atoms with E-state index in [1.807, 2.05) is 0 Å². The first-order chi connectivity index (χ1) is 6.20. The number of rotatable bonds is 6. The zero-order valence-corrected chi connectivity index (χ0v) is 7.66. The summed E-state index contributed by atoms with van der Waals surface area (Å²) >= 11 is 0. The summed E-state index contributed by atoms with van der Waals surface area (Å²) in [5, 5.41) is 3.46. The molecule has 0 bridgehead atoms. The number of hydrogen-bond acceptors (Lipinski definition) is 4. The van der Waals surface area contributed by atoms with E-state index in [0.29, 0.717) is 6.61 Å². The molecular formula is C8H14N2O3. The molecule has 0 amide bonds. The summed E-state index contributed by atoms with van der Waals surface area (Å²) in [6.07, 6.45) is 1.48. The molecule has 74 valence electrons. The Bertz CT molecular complexity index is 202. The van der Waals surface area contributed by atoms with E-state index in [2.05, 4.69) is 21.3 Å². The lowest BCUT2D eigenvalue weighted by Gasteiger charge is -2.00. The Hall–Kier alpha value is -1.52. The predicted molar refractivity (Wildman–Crippen MR) is 49.0 cm³/mol. The fourth-order valence-electron chi connectivity index (χ4n) is 0.565. The molecule has 13 heavy (non-hydrogen) atoms. The number of esters is 1. The molecule has 0 saturated carbocycles. The Morgan fingerprint density at radius 2 is 2.38 bits per heavy atom. The van der Waals surface area contributed by atoms with Crippen LogP contribution in [0.2, 0.25) is 0 Å². The third-order valence-corrected chi connectivity index (χ3v) is 1.00. The zero-order valence-electron chi connectivity index (χ0n) is 7.66. The maximum absolute atomic E-state index is 10.8. The molecule has 0 aliphatic rings. The molecule has 5 nitrogen and oxygen atoms in total. The SMILES string of the molecule is C=CCON=C(N)CC(=O)OCC. The van der Waals surface area contributed by atoms with E-state index in [-0.39, 0.29) is 18.9 Å². The van der Waals surface area contributed by atoms with Crippen molar-refractivity contribution < 1.29 is 14.4 Å². The van der Waals surface area contributed by atoms with Crippen molar-refractivity contribution in [2.75, 3.05) is 13.2 Å².